The average molecular weight is 274 g/mol. The molecule has 0 aromatic carbocycles. The molecule has 1 unspecified atom stereocenters. The monoisotopic (exact) mass is 274 g/mol. The highest BCUT2D eigenvalue weighted by molar-refractivity contribution is 4.71. The van der Waals surface area contributed by atoms with Crippen LogP contribution in [0.2, 0.25) is 0 Å². The van der Waals surface area contributed by atoms with Crippen LogP contribution in [0.1, 0.15) is 45.4 Å². The van der Waals surface area contributed by atoms with Crippen LogP contribution < -0.4 is 0 Å². The molecule has 0 aromatic rings. The van der Waals surface area contributed by atoms with Crippen molar-refractivity contribution in [1.29, 1.82) is 0 Å². The maximum Gasteiger partial charge on any atom is 0.0543 e. The molecule has 2 atom stereocenters. The molecule has 1 aliphatic rings. The standard InChI is InChI=1S/C15H30O4/c1-2-17-8-4-9-18-10-5-11-19-13-14-6-3-7-15(16)12-14/h14-16H,2-13H2,1H3/t14?,15-/m1/s1. The van der Waals surface area contributed by atoms with E-state index >= 15 is 0 Å². The van der Waals surface area contributed by atoms with Gasteiger partial charge in [-0.1, -0.05) is 6.42 Å². The Labute approximate surface area is 117 Å². The normalized spacial score (nSPS) is 23.7. The molecule has 1 fully saturated rings. The summed E-state index contributed by atoms with van der Waals surface area (Å²) in [4.78, 5) is 0. The van der Waals surface area contributed by atoms with E-state index in [4.69, 9.17) is 14.2 Å². The van der Waals surface area contributed by atoms with Crippen molar-refractivity contribution in [2.75, 3.05) is 39.6 Å². The lowest BCUT2D eigenvalue weighted by molar-refractivity contribution is 0.0286. The molecule has 114 valence electrons. The molecular weight excluding hydrogens is 244 g/mol. The fourth-order valence-corrected chi connectivity index (χ4v) is 2.44. The Balaban J connectivity index is 1.78. The predicted molar refractivity (Wildman–Crippen MR) is 75.3 cm³/mol. The number of hydrogen-bond acceptors (Lipinski definition) is 4. The van der Waals surface area contributed by atoms with Gasteiger partial charge in [-0.3, -0.25) is 0 Å². The summed E-state index contributed by atoms with van der Waals surface area (Å²) in [5.74, 6) is 0.552. The molecule has 0 heterocycles. The van der Waals surface area contributed by atoms with Crippen LogP contribution in [0, 0.1) is 5.92 Å². The Bertz CT molecular complexity index is 199. The smallest absolute Gasteiger partial charge is 0.0543 e. The van der Waals surface area contributed by atoms with Crippen molar-refractivity contribution in [3.8, 4) is 0 Å². The third kappa shape index (κ3) is 9.38. The maximum atomic E-state index is 9.56. The van der Waals surface area contributed by atoms with E-state index in [1.54, 1.807) is 0 Å². The Morgan fingerprint density at radius 2 is 1.63 bits per heavy atom. The molecular formula is C15H30O4. The van der Waals surface area contributed by atoms with E-state index in [2.05, 4.69) is 0 Å². The van der Waals surface area contributed by atoms with Crippen LogP contribution in [0.4, 0.5) is 0 Å². The average Bonchev–Trinajstić information content (AvgIpc) is 2.41. The van der Waals surface area contributed by atoms with Gasteiger partial charge in [0.1, 0.15) is 0 Å². The van der Waals surface area contributed by atoms with Gasteiger partial charge in [0.05, 0.1) is 6.10 Å². The SMILES string of the molecule is CCOCCCOCCCOCC1CCC[C@@H](O)C1. The summed E-state index contributed by atoms with van der Waals surface area (Å²) >= 11 is 0. The van der Waals surface area contributed by atoms with E-state index in [0.717, 1.165) is 71.7 Å². The molecule has 19 heavy (non-hydrogen) atoms. The second kappa shape index (κ2) is 11.6. The van der Waals surface area contributed by atoms with Crippen LogP contribution in [0.3, 0.4) is 0 Å². The van der Waals surface area contributed by atoms with Gasteiger partial charge in [-0.25, -0.2) is 0 Å². The lowest BCUT2D eigenvalue weighted by Gasteiger charge is -2.25. The topological polar surface area (TPSA) is 47.9 Å². The molecule has 1 saturated carbocycles. The molecule has 0 saturated heterocycles. The minimum atomic E-state index is -0.101. The second-order valence-electron chi connectivity index (χ2n) is 5.28. The lowest BCUT2D eigenvalue weighted by atomic mass is 9.88. The summed E-state index contributed by atoms with van der Waals surface area (Å²) in [5, 5.41) is 9.56. The van der Waals surface area contributed by atoms with Crippen molar-refractivity contribution in [3.63, 3.8) is 0 Å². The third-order valence-electron chi connectivity index (χ3n) is 3.47. The van der Waals surface area contributed by atoms with Crippen LogP contribution in [0.15, 0.2) is 0 Å². The van der Waals surface area contributed by atoms with Crippen LogP contribution in [-0.2, 0) is 14.2 Å². The third-order valence-corrected chi connectivity index (χ3v) is 3.47. The van der Waals surface area contributed by atoms with E-state index in [9.17, 15) is 5.11 Å². The molecule has 4 nitrogen and oxygen atoms in total. The Hall–Kier alpha value is -0.160. The second-order valence-corrected chi connectivity index (χ2v) is 5.28. The zero-order valence-electron chi connectivity index (χ0n) is 12.3. The minimum Gasteiger partial charge on any atom is -0.393 e. The number of aliphatic hydroxyl groups excluding tert-OH is 1. The van der Waals surface area contributed by atoms with Crippen molar-refractivity contribution in [2.24, 2.45) is 5.92 Å². The summed E-state index contributed by atoms with van der Waals surface area (Å²) in [7, 11) is 0. The van der Waals surface area contributed by atoms with Crippen LogP contribution in [-0.4, -0.2) is 50.9 Å². The molecule has 0 aliphatic heterocycles. The van der Waals surface area contributed by atoms with Crippen molar-refractivity contribution >= 4 is 0 Å². The summed E-state index contributed by atoms with van der Waals surface area (Å²) in [6, 6.07) is 0. The van der Waals surface area contributed by atoms with Crippen LogP contribution >= 0.6 is 0 Å². The molecule has 4 heteroatoms. The quantitative estimate of drug-likeness (QED) is 0.588. The van der Waals surface area contributed by atoms with E-state index in [1.807, 2.05) is 6.92 Å². The predicted octanol–water partition coefficient (Wildman–Crippen LogP) is 2.39. The first kappa shape index (κ1) is 16.9. The van der Waals surface area contributed by atoms with Gasteiger partial charge in [-0.2, -0.15) is 0 Å². The summed E-state index contributed by atoms with van der Waals surface area (Å²) in [6.45, 7) is 6.66. The Morgan fingerprint density at radius 1 is 0.947 bits per heavy atom. The highest BCUT2D eigenvalue weighted by Crippen LogP contribution is 2.24. The van der Waals surface area contributed by atoms with Crippen molar-refractivity contribution in [1.82, 2.24) is 0 Å². The van der Waals surface area contributed by atoms with Crippen LogP contribution in [0.25, 0.3) is 0 Å². The minimum absolute atomic E-state index is 0.101. The molecule has 1 N–H and O–H groups in total. The molecule has 0 radical (unpaired) electrons. The highest BCUT2D eigenvalue weighted by atomic mass is 16.5. The maximum absolute atomic E-state index is 9.56. The van der Waals surface area contributed by atoms with E-state index in [0.29, 0.717) is 5.92 Å². The first-order valence-electron chi connectivity index (χ1n) is 7.74. The van der Waals surface area contributed by atoms with Crippen molar-refractivity contribution in [2.45, 2.75) is 51.6 Å². The first-order chi connectivity index (χ1) is 9.33. The number of rotatable bonds is 11. The summed E-state index contributed by atoms with van der Waals surface area (Å²) < 4.78 is 16.4. The van der Waals surface area contributed by atoms with Gasteiger partial charge in [-0.15, -0.1) is 0 Å². The summed E-state index contributed by atoms with van der Waals surface area (Å²) in [5.41, 5.74) is 0. The first-order valence-corrected chi connectivity index (χ1v) is 7.74. The van der Waals surface area contributed by atoms with Gasteiger partial charge in [-0.05, 0) is 44.9 Å². The Morgan fingerprint density at radius 3 is 2.32 bits per heavy atom. The van der Waals surface area contributed by atoms with Gasteiger partial charge in [0.2, 0.25) is 0 Å². The molecule has 0 spiro atoms. The molecule has 1 rings (SSSR count). The van der Waals surface area contributed by atoms with Crippen molar-refractivity contribution < 1.29 is 19.3 Å². The van der Waals surface area contributed by atoms with Gasteiger partial charge >= 0.3 is 0 Å². The van der Waals surface area contributed by atoms with Crippen LogP contribution in [0.5, 0.6) is 0 Å². The van der Waals surface area contributed by atoms with Gasteiger partial charge in [0.25, 0.3) is 0 Å². The van der Waals surface area contributed by atoms with Gasteiger partial charge < -0.3 is 19.3 Å². The molecule has 0 aromatic heterocycles. The summed E-state index contributed by atoms with van der Waals surface area (Å²) in [6.07, 6.45) is 6.03. The van der Waals surface area contributed by atoms with E-state index in [-0.39, 0.29) is 6.10 Å². The fraction of sp³-hybridized carbons (Fsp3) is 1.00. The number of aliphatic hydroxyl groups is 1. The van der Waals surface area contributed by atoms with E-state index < -0.39 is 0 Å². The number of ether oxygens (including phenoxy) is 3. The largest absolute Gasteiger partial charge is 0.393 e. The highest BCUT2D eigenvalue weighted by Gasteiger charge is 2.19. The number of hydrogen-bond donors (Lipinski definition) is 1. The van der Waals surface area contributed by atoms with Gasteiger partial charge in [0.15, 0.2) is 0 Å². The zero-order valence-corrected chi connectivity index (χ0v) is 12.3. The van der Waals surface area contributed by atoms with Gasteiger partial charge in [0, 0.05) is 39.6 Å². The van der Waals surface area contributed by atoms with E-state index in [1.165, 1.54) is 6.42 Å². The zero-order chi connectivity index (χ0) is 13.8. The fourth-order valence-electron chi connectivity index (χ4n) is 2.44. The molecule has 1 aliphatic carbocycles. The Kier molecular flexibility index (Phi) is 10.4. The molecule has 0 amide bonds. The van der Waals surface area contributed by atoms with Crippen molar-refractivity contribution in [3.05, 3.63) is 0 Å². The lowest BCUT2D eigenvalue weighted by Crippen LogP contribution is -2.23. The molecule has 0 bridgehead atoms.